The Morgan fingerprint density at radius 2 is 1.84 bits per heavy atom. The van der Waals surface area contributed by atoms with Crippen LogP contribution in [0.3, 0.4) is 0 Å². The number of nitrogens with one attached hydrogen (secondary N) is 2. The number of fused-ring (bicyclic) bond motifs is 1. The fourth-order valence-electron chi connectivity index (χ4n) is 2.66. The lowest BCUT2D eigenvalue weighted by molar-refractivity contribution is 0.174. The summed E-state index contributed by atoms with van der Waals surface area (Å²) >= 11 is 0. The molecule has 3 aromatic rings. The number of benzene rings is 2. The van der Waals surface area contributed by atoms with Crippen molar-refractivity contribution in [3.8, 4) is 11.5 Å². The van der Waals surface area contributed by atoms with Gasteiger partial charge in [0.15, 0.2) is 11.5 Å². The van der Waals surface area contributed by atoms with Gasteiger partial charge in [-0.05, 0) is 24.6 Å². The minimum absolute atomic E-state index is 0.263. The van der Waals surface area contributed by atoms with Gasteiger partial charge in [-0.1, -0.05) is 29.8 Å². The lowest BCUT2D eigenvalue weighted by Crippen LogP contribution is -2.03. The van der Waals surface area contributed by atoms with Gasteiger partial charge >= 0.3 is 0 Å². The van der Waals surface area contributed by atoms with Gasteiger partial charge in [-0.3, -0.25) is 0 Å². The highest BCUT2D eigenvalue weighted by molar-refractivity contribution is 5.63. The summed E-state index contributed by atoms with van der Waals surface area (Å²) in [6.07, 6.45) is 1.54. The fourth-order valence-corrected chi connectivity index (χ4v) is 2.66. The van der Waals surface area contributed by atoms with Crippen LogP contribution in [0.5, 0.6) is 11.5 Å². The van der Waals surface area contributed by atoms with Gasteiger partial charge in [0, 0.05) is 24.4 Å². The van der Waals surface area contributed by atoms with E-state index in [0.29, 0.717) is 12.4 Å². The van der Waals surface area contributed by atoms with Crippen LogP contribution in [0.1, 0.15) is 11.1 Å². The molecular formula is C19H18N4O2. The molecule has 2 N–H and O–H groups in total. The summed E-state index contributed by atoms with van der Waals surface area (Å²) in [7, 11) is 0. The van der Waals surface area contributed by atoms with Crippen molar-refractivity contribution in [1.82, 2.24) is 9.97 Å². The molecule has 6 nitrogen and oxygen atoms in total. The number of nitrogens with zero attached hydrogens (tertiary/aromatic N) is 2. The van der Waals surface area contributed by atoms with E-state index < -0.39 is 0 Å². The molecule has 0 bridgehead atoms. The van der Waals surface area contributed by atoms with Crippen molar-refractivity contribution in [3.05, 3.63) is 66.0 Å². The molecule has 1 aliphatic heterocycles. The largest absolute Gasteiger partial charge is 0.454 e. The zero-order valence-corrected chi connectivity index (χ0v) is 13.8. The SMILES string of the molecule is Cc1cccc(CNc2cc(Nc3ccc4c(c3)OCO4)ncn2)c1. The number of rotatable bonds is 5. The molecule has 6 heteroatoms. The van der Waals surface area contributed by atoms with Gasteiger partial charge in [-0.25, -0.2) is 9.97 Å². The van der Waals surface area contributed by atoms with Crippen molar-refractivity contribution in [1.29, 1.82) is 0 Å². The topological polar surface area (TPSA) is 68.3 Å². The standard InChI is InChI=1S/C19H18N4O2/c1-13-3-2-4-14(7-13)10-20-18-9-19(22-11-21-18)23-15-5-6-16-17(8-15)25-12-24-16/h2-9,11H,10,12H2,1H3,(H2,20,21,22,23). The molecule has 0 saturated carbocycles. The van der Waals surface area contributed by atoms with E-state index in [0.717, 1.165) is 23.0 Å². The van der Waals surface area contributed by atoms with E-state index in [9.17, 15) is 0 Å². The van der Waals surface area contributed by atoms with Crippen molar-refractivity contribution < 1.29 is 9.47 Å². The highest BCUT2D eigenvalue weighted by Crippen LogP contribution is 2.34. The summed E-state index contributed by atoms with van der Waals surface area (Å²) < 4.78 is 10.7. The summed E-state index contributed by atoms with van der Waals surface area (Å²) in [5, 5.41) is 6.57. The molecule has 0 fully saturated rings. The van der Waals surface area contributed by atoms with Crippen molar-refractivity contribution in [2.24, 2.45) is 0 Å². The minimum atomic E-state index is 0.263. The summed E-state index contributed by atoms with van der Waals surface area (Å²) in [5.74, 6) is 2.96. The van der Waals surface area contributed by atoms with Crippen molar-refractivity contribution >= 4 is 17.3 Å². The molecule has 2 heterocycles. The van der Waals surface area contributed by atoms with Crippen LogP contribution in [0.4, 0.5) is 17.3 Å². The zero-order valence-electron chi connectivity index (χ0n) is 13.8. The monoisotopic (exact) mass is 334 g/mol. The third kappa shape index (κ3) is 3.63. The Bertz CT molecular complexity index is 898. The maximum absolute atomic E-state index is 5.39. The third-order valence-corrected chi connectivity index (χ3v) is 3.87. The van der Waals surface area contributed by atoms with Crippen LogP contribution in [0, 0.1) is 6.92 Å². The lowest BCUT2D eigenvalue weighted by Gasteiger charge is -2.09. The molecule has 0 radical (unpaired) electrons. The van der Waals surface area contributed by atoms with E-state index in [4.69, 9.17) is 9.47 Å². The Morgan fingerprint density at radius 3 is 2.76 bits per heavy atom. The molecule has 126 valence electrons. The first-order valence-electron chi connectivity index (χ1n) is 8.04. The van der Waals surface area contributed by atoms with Crippen LogP contribution in [-0.4, -0.2) is 16.8 Å². The van der Waals surface area contributed by atoms with E-state index in [-0.39, 0.29) is 6.79 Å². The highest BCUT2D eigenvalue weighted by Gasteiger charge is 2.13. The van der Waals surface area contributed by atoms with Crippen LogP contribution < -0.4 is 20.1 Å². The molecule has 1 aliphatic rings. The first-order valence-corrected chi connectivity index (χ1v) is 8.04. The molecule has 25 heavy (non-hydrogen) atoms. The first kappa shape index (κ1) is 15.3. The summed E-state index contributed by atoms with van der Waals surface area (Å²) in [6.45, 7) is 3.06. The van der Waals surface area contributed by atoms with Gasteiger partial charge in [-0.2, -0.15) is 0 Å². The Labute approximate surface area is 145 Å². The van der Waals surface area contributed by atoms with Crippen LogP contribution in [-0.2, 0) is 6.54 Å². The number of hydrogen-bond donors (Lipinski definition) is 2. The quantitative estimate of drug-likeness (QED) is 0.738. The number of anilines is 3. The average Bonchev–Trinajstić information content (AvgIpc) is 3.08. The van der Waals surface area contributed by atoms with Gasteiger partial charge in [-0.15, -0.1) is 0 Å². The zero-order chi connectivity index (χ0) is 17.1. The van der Waals surface area contributed by atoms with E-state index in [1.54, 1.807) is 0 Å². The van der Waals surface area contributed by atoms with Gasteiger partial charge in [0.05, 0.1) is 0 Å². The minimum Gasteiger partial charge on any atom is -0.454 e. The van der Waals surface area contributed by atoms with Crippen LogP contribution in [0.2, 0.25) is 0 Å². The molecule has 1 aromatic heterocycles. The lowest BCUT2D eigenvalue weighted by atomic mass is 10.1. The Hall–Kier alpha value is -3.28. The normalized spacial score (nSPS) is 12.0. The smallest absolute Gasteiger partial charge is 0.231 e. The van der Waals surface area contributed by atoms with E-state index >= 15 is 0 Å². The van der Waals surface area contributed by atoms with Crippen molar-refractivity contribution in [2.75, 3.05) is 17.4 Å². The van der Waals surface area contributed by atoms with E-state index in [2.05, 4.69) is 51.8 Å². The molecule has 0 atom stereocenters. The number of ether oxygens (including phenoxy) is 2. The van der Waals surface area contributed by atoms with Crippen LogP contribution >= 0.6 is 0 Å². The maximum atomic E-state index is 5.39. The highest BCUT2D eigenvalue weighted by atomic mass is 16.7. The Morgan fingerprint density at radius 1 is 0.960 bits per heavy atom. The number of aryl methyl sites for hydroxylation is 1. The number of hydrogen-bond acceptors (Lipinski definition) is 6. The first-order chi connectivity index (χ1) is 12.3. The maximum Gasteiger partial charge on any atom is 0.231 e. The number of aromatic nitrogens is 2. The average molecular weight is 334 g/mol. The Kier molecular flexibility index (Phi) is 4.08. The molecule has 2 aromatic carbocycles. The Balaban J connectivity index is 1.44. The second kappa shape index (κ2) is 6.68. The molecule has 0 saturated heterocycles. The van der Waals surface area contributed by atoms with Gasteiger partial charge in [0.1, 0.15) is 18.0 Å². The van der Waals surface area contributed by atoms with Crippen LogP contribution in [0.15, 0.2) is 54.9 Å². The van der Waals surface area contributed by atoms with Crippen molar-refractivity contribution in [2.45, 2.75) is 13.5 Å². The van der Waals surface area contributed by atoms with Crippen LogP contribution in [0.25, 0.3) is 0 Å². The summed E-state index contributed by atoms with van der Waals surface area (Å²) in [5.41, 5.74) is 3.34. The molecule has 0 aliphatic carbocycles. The molecule has 0 amide bonds. The second-order valence-electron chi connectivity index (χ2n) is 5.82. The van der Waals surface area contributed by atoms with E-state index in [1.807, 2.05) is 24.3 Å². The molecule has 0 unspecified atom stereocenters. The molecule has 4 rings (SSSR count). The second-order valence-corrected chi connectivity index (χ2v) is 5.82. The van der Waals surface area contributed by atoms with Crippen molar-refractivity contribution in [3.63, 3.8) is 0 Å². The van der Waals surface area contributed by atoms with E-state index in [1.165, 1.54) is 17.5 Å². The molecule has 0 spiro atoms. The third-order valence-electron chi connectivity index (χ3n) is 3.87. The predicted octanol–water partition coefficient (Wildman–Crippen LogP) is 3.87. The summed E-state index contributed by atoms with van der Waals surface area (Å²) in [6, 6.07) is 16.0. The van der Waals surface area contributed by atoms with Gasteiger partial charge < -0.3 is 20.1 Å². The summed E-state index contributed by atoms with van der Waals surface area (Å²) in [4.78, 5) is 8.53. The van der Waals surface area contributed by atoms with Gasteiger partial charge in [0.25, 0.3) is 0 Å². The molecular weight excluding hydrogens is 316 g/mol. The fraction of sp³-hybridized carbons (Fsp3) is 0.158. The van der Waals surface area contributed by atoms with Gasteiger partial charge in [0.2, 0.25) is 6.79 Å². The predicted molar refractivity (Wildman–Crippen MR) is 96.4 cm³/mol.